The average Bonchev–Trinajstić information content (AvgIpc) is 2.33. The van der Waals surface area contributed by atoms with Gasteiger partial charge in [-0.15, -0.1) is 0 Å². The van der Waals surface area contributed by atoms with Gasteiger partial charge in [-0.1, -0.05) is 48.7 Å². The van der Waals surface area contributed by atoms with E-state index >= 15 is 0 Å². The summed E-state index contributed by atoms with van der Waals surface area (Å²) >= 11 is 18.3. The Labute approximate surface area is 127 Å². The molecule has 0 aliphatic rings. The number of hydrogen-bond donors (Lipinski definition) is 0. The van der Waals surface area contributed by atoms with Crippen LogP contribution in [0.2, 0.25) is 15.2 Å². The summed E-state index contributed by atoms with van der Waals surface area (Å²) in [4.78, 5) is 8.86. The third kappa shape index (κ3) is 3.02. The van der Waals surface area contributed by atoms with Crippen LogP contribution in [0.4, 0.5) is 0 Å². The Kier molecular flexibility index (Phi) is 4.34. The van der Waals surface area contributed by atoms with Crippen molar-refractivity contribution >= 4 is 34.8 Å². The molecular weight excluding hydrogens is 303 g/mol. The largest absolute Gasteiger partial charge is 0.232 e. The second-order valence-electron chi connectivity index (χ2n) is 4.63. The van der Waals surface area contributed by atoms with Crippen LogP contribution in [0.25, 0.3) is 11.3 Å². The molecular formula is C14H13Cl3N2. The monoisotopic (exact) mass is 314 g/mol. The lowest BCUT2D eigenvalue weighted by Gasteiger charge is -2.12. The molecule has 2 rings (SSSR count). The van der Waals surface area contributed by atoms with E-state index < -0.39 is 0 Å². The van der Waals surface area contributed by atoms with Crippen LogP contribution in [0.3, 0.4) is 0 Å². The molecule has 0 aliphatic heterocycles. The molecule has 0 saturated carbocycles. The lowest BCUT2D eigenvalue weighted by molar-refractivity contribution is 0.773. The third-order valence-electron chi connectivity index (χ3n) is 2.81. The standard InChI is InChI=1S/C14H13Cl3N2/c1-7(2)14-18-12(8(3)13(17)19-14)10-5-4-9(15)6-11(10)16/h4-7H,1-3H3. The van der Waals surface area contributed by atoms with Gasteiger partial charge in [0.25, 0.3) is 0 Å². The van der Waals surface area contributed by atoms with E-state index in [4.69, 9.17) is 34.8 Å². The Bertz CT molecular complexity index is 624. The van der Waals surface area contributed by atoms with Crippen LogP contribution in [-0.2, 0) is 0 Å². The van der Waals surface area contributed by atoms with Gasteiger partial charge < -0.3 is 0 Å². The molecule has 1 aromatic carbocycles. The van der Waals surface area contributed by atoms with Crippen molar-refractivity contribution in [1.82, 2.24) is 9.97 Å². The summed E-state index contributed by atoms with van der Waals surface area (Å²) in [5, 5.41) is 1.61. The van der Waals surface area contributed by atoms with E-state index in [1.54, 1.807) is 12.1 Å². The van der Waals surface area contributed by atoms with Gasteiger partial charge in [0.1, 0.15) is 11.0 Å². The van der Waals surface area contributed by atoms with Crippen molar-refractivity contribution in [3.05, 3.63) is 44.8 Å². The lowest BCUT2D eigenvalue weighted by Crippen LogP contribution is -2.02. The number of nitrogens with zero attached hydrogens (tertiary/aromatic N) is 2. The van der Waals surface area contributed by atoms with Crippen LogP contribution in [0, 0.1) is 6.92 Å². The molecule has 100 valence electrons. The predicted octanol–water partition coefficient (Wildman–Crippen LogP) is 5.54. The second-order valence-corrected chi connectivity index (χ2v) is 5.83. The number of benzene rings is 1. The van der Waals surface area contributed by atoms with Crippen LogP contribution in [-0.4, -0.2) is 9.97 Å². The topological polar surface area (TPSA) is 25.8 Å². The molecule has 19 heavy (non-hydrogen) atoms. The normalized spacial score (nSPS) is 11.1. The zero-order chi connectivity index (χ0) is 14.2. The minimum absolute atomic E-state index is 0.197. The quantitative estimate of drug-likeness (QED) is 0.680. The van der Waals surface area contributed by atoms with Crippen molar-refractivity contribution < 1.29 is 0 Å². The van der Waals surface area contributed by atoms with E-state index in [0.29, 0.717) is 21.0 Å². The van der Waals surface area contributed by atoms with Crippen molar-refractivity contribution in [1.29, 1.82) is 0 Å². The molecule has 0 radical (unpaired) electrons. The summed E-state index contributed by atoms with van der Waals surface area (Å²) in [7, 11) is 0. The number of hydrogen-bond acceptors (Lipinski definition) is 2. The Morgan fingerprint density at radius 2 is 1.74 bits per heavy atom. The van der Waals surface area contributed by atoms with Gasteiger partial charge in [-0.2, -0.15) is 0 Å². The maximum atomic E-state index is 6.23. The highest BCUT2D eigenvalue weighted by atomic mass is 35.5. The molecule has 0 N–H and O–H groups in total. The Hall–Kier alpha value is -0.830. The molecule has 1 heterocycles. The molecule has 2 nitrogen and oxygen atoms in total. The maximum Gasteiger partial charge on any atom is 0.136 e. The number of rotatable bonds is 2. The summed E-state index contributed by atoms with van der Waals surface area (Å²) in [5.74, 6) is 0.902. The van der Waals surface area contributed by atoms with E-state index in [9.17, 15) is 0 Å². The van der Waals surface area contributed by atoms with E-state index in [-0.39, 0.29) is 5.92 Å². The van der Waals surface area contributed by atoms with Crippen molar-refractivity contribution in [3.8, 4) is 11.3 Å². The van der Waals surface area contributed by atoms with Crippen LogP contribution in [0.5, 0.6) is 0 Å². The van der Waals surface area contributed by atoms with E-state index in [2.05, 4.69) is 9.97 Å². The van der Waals surface area contributed by atoms with Gasteiger partial charge in [-0.25, -0.2) is 9.97 Å². The zero-order valence-electron chi connectivity index (χ0n) is 10.8. The molecule has 0 bridgehead atoms. The summed E-state index contributed by atoms with van der Waals surface area (Å²) < 4.78 is 0. The van der Waals surface area contributed by atoms with Crippen LogP contribution >= 0.6 is 34.8 Å². The Morgan fingerprint density at radius 1 is 1.05 bits per heavy atom. The summed E-state index contributed by atoms with van der Waals surface area (Å²) in [5.41, 5.74) is 2.38. The molecule has 0 spiro atoms. The van der Waals surface area contributed by atoms with Crippen LogP contribution in [0.1, 0.15) is 31.2 Å². The van der Waals surface area contributed by atoms with Gasteiger partial charge >= 0.3 is 0 Å². The fraction of sp³-hybridized carbons (Fsp3) is 0.286. The molecule has 0 saturated heterocycles. The predicted molar refractivity (Wildman–Crippen MR) is 81.3 cm³/mol. The molecule has 1 aromatic heterocycles. The highest BCUT2D eigenvalue weighted by Gasteiger charge is 2.15. The van der Waals surface area contributed by atoms with Crippen LogP contribution in [0.15, 0.2) is 18.2 Å². The molecule has 2 aromatic rings. The first kappa shape index (κ1) is 14.6. The minimum Gasteiger partial charge on any atom is -0.232 e. The summed E-state index contributed by atoms with van der Waals surface area (Å²) in [6, 6.07) is 5.33. The minimum atomic E-state index is 0.197. The molecule has 0 amide bonds. The Balaban J connectivity index is 2.67. The number of aromatic nitrogens is 2. The van der Waals surface area contributed by atoms with Crippen molar-refractivity contribution in [3.63, 3.8) is 0 Å². The first-order valence-electron chi connectivity index (χ1n) is 5.89. The SMILES string of the molecule is Cc1c(Cl)nc(C(C)C)nc1-c1ccc(Cl)cc1Cl. The van der Waals surface area contributed by atoms with Gasteiger partial charge in [0.2, 0.25) is 0 Å². The van der Waals surface area contributed by atoms with Gasteiger partial charge in [0.05, 0.1) is 10.7 Å². The molecule has 0 fully saturated rings. The third-order valence-corrected chi connectivity index (χ3v) is 3.72. The van der Waals surface area contributed by atoms with Crippen molar-refractivity contribution in [2.75, 3.05) is 0 Å². The van der Waals surface area contributed by atoms with Gasteiger partial charge in [0.15, 0.2) is 0 Å². The first-order chi connectivity index (χ1) is 8.90. The fourth-order valence-corrected chi connectivity index (χ4v) is 2.38. The maximum absolute atomic E-state index is 6.23. The lowest BCUT2D eigenvalue weighted by atomic mass is 10.1. The van der Waals surface area contributed by atoms with E-state index in [0.717, 1.165) is 16.8 Å². The second kappa shape index (κ2) is 5.66. The first-order valence-corrected chi connectivity index (χ1v) is 7.03. The van der Waals surface area contributed by atoms with E-state index in [1.807, 2.05) is 26.8 Å². The molecule has 0 aliphatic carbocycles. The highest BCUT2D eigenvalue weighted by Crippen LogP contribution is 2.33. The average molecular weight is 316 g/mol. The zero-order valence-corrected chi connectivity index (χ0v) is 13.1. The summed E-state index contributed by atoms with van der Waals surface area (Å²) in [6.07, 6.45) is 0. The van der Waals surface area contributed by atoms with Crippen molar-refractivity contribution in [2.45, 2.75) is 26.7 Å². The van der Waals surface area contributed by atoms with Crippen molar-refractivity contribution in [2.24, 2.45) is 0 Å². The summed E-state index contributed by atoms with van der Waals surface area (Å²) in [6.45, 7) is 5.93. The molecule has 0 atom stereocenters. The molecule has 5 heteroatoms. The fourth-order valence-electron chi connectivity index (χ4n) is 1.71. The van der Waals surface area contributed by atoms with Gasteiger partial charge in [0, 0.05) is 22.1 Å². The Morgan fingerprint density at radius 3 is 2.32 bits per heavy atom. The van der Waals surface area contributed by atoms with Crippen LogP contribution < -0.4 is 0 Å². The van der Waals surface area contributed by atoms with E-state index in [1.165, 1.54) is 0 Å². The highest BCUT2D eigenvalue weighted by molar-refractivity contribution is 6.36. The van der Waals surface area contributed by atoms with Gasteiger partial charge in [-0.3, -0.25) is 0 Å². The smallest absolute Gasteiger partial charge is 0.136 e. The number of halogens is 3. The molecule has 0 unspecified atom stereocenters. The van der Waals surface area contributed by atoms with Gasteiger partial charge in [-0.05, 0) is 25.1 Å².